The van der Waals surface area contributed by atoms with Crippen LogP contribution in [-0.4, -0.2) is 51.9 Å². The smallest absolute Gasteiger partial charge is 0.222 e. The molecule has 0 radical (unpaired) electrons. The van der Waals surface area contributed by atoms with Gasteiger partial charge in [0.15, 0.2) is 0 Å². The summed E-state index contributed by atoms with van der Waals surface area (Å²) in [6.45, 7) is 2.59. The minimum Gasteiger partial charge on any atom is -0.343 e. The molecule has 0 aliphatic carbocycles. The van der Waals surface area contributed by atoms with Crippen molar-refractivity contribution in [1.82, 2.24) is 19.8 Å². The van der Waals surface area contributed by atoms with E-state index in [-0.39, 0.29) is 5.91 Å². The summed E-state index contributed by atoms with van der Waals surface area (Å²) in [7, 11) is 2.17. The summed E-state index contributed by atoms with van der Waals surface area (Å²) in [5.74, 6) is 0.273. The van der Waals surface area contributed by atoms with E-state index in [0.717, 1.165) is 51.0 Å². The van der Waals surface area contributed by atoms with Gasteiger partial charge < -0.3 is 4.90 Å². The fourth-order valence-corrected chi connectivity index (χ4v) is 3.60. The number of rotatable bonds is 6. The molecule has 0 aromatic carbocycles. The highest BCUT2D eigenvalue weighted by atomic mass is 16.2. The number of aryl methyl sites for hydroxylation is 1. The van der Waals surface area contributed by atoms with Gasteiger partial charge in [0.05, 0.1) is 5.69 Å². The molecule has 0 spiro atoms. The first-order chi connectivity index (χ1) is 12.7. The van der Waals surface area contributed by atoms with Gasteiger partial charge in [-0.15, -0.1) is 0 Å². The van der Waals surface area contributed by atoms with Gasteiger partial charge in [0.1, 0.15) is 0 Å². The predicted octanol–water partition coefficient (Wildman–Crippen LogP) is 2.92. The van der Waals surface area contributed by atoms with Crippen LogP contribution < -0.4 is 0 Å². The largest absolute Gasteiger partial charge is 0.343 e. The summed E-state index contributed by atoms with van der Waals surface area (Å²) in [6.07, 6.45) is 10.0. The lowest BCUT2D eigenvalue weighted by atomic mass is 10.1. The van der Waals surface area contributed by atoms with Gasteiger partial charge in [-0.05, 0) is 62.6 Å². The molecule has 0 bridgehead atoms. The van der Waals surface area contributed by atoms with Crippen LogP contribution in [0.5, 0.6) is 0 Å². The van der Waals surface area contributed by atoms with Crippen LogP contribution in [0, 0.1) is 0 Å². The third-order valence-electron chi connectivity index (χ3n) is 5.19. The van der Waals surface area contributed by atoms with E-state index in [0.29, 0.717) is 12.5 Å². The van der Waals surface area contributed by atoms with E-state index in [4.69, 9.17) is 0 Å². The normalized spacial score (nSPS) is 17.9. The van der Waals surface area contributed by atoms with Crippen LogP contribution >= 0.6 is 0 Å². The Kier molecular flexibility index (Phi) is 6.72. The Bertz CT molecular complexity index is 677. The maximum Gasteiger partial charge on any atom is 0.222 e. The topological polar surface area (TPSA) is 49.3 Å². The lowest BCUT2D eigenvalue weighted by Gasteiger charge is -2.27. The molecule has 1 aliphatic heterocycles. The average molecular weight is 352 g/mol. The van der Waals surface area contributed by atoms with E-state index >= 15 is 0 Å². The maximum atomic E-state index is 12.6. The Morgan fingerprint density at radius 3 is 2.77 bits per heavy atom. The van der Waals surface area contributed by atoms with Gasteiger partial charge in [-0.25, -0.2) is 0 Å². The van der Waals surface area contributed by atoms with Crippen molar-refractivity contribution >= 4 is 5.91 Å². The molecule has 1 fully saturated rings. The average Bonchev–Trinajstić information content (AvgIpc) is 2.94. The molecule has 2 aromatic heterocycles. The minimum atomic E-state index is 0.273. The Hall–Kier alpha value is -2.27. The highest BCUT2D eigenvalue weighted by Crippen LogP contribution is 2.18. The summed E-state index contributed by atoms with van der Waals surface area (Å²) in [5, 5.41) is 0. The fourth-order valence-electron chi connectivity index (χ4n) is 3.60. The van der Waals surface area contributed by atoms with Crippen molar-refractivity contribution < 1.29 is 4.79 Å². The predicted molar refractivity (Wildman–Crippen MR) is 102 cm³/mol. The SMILES string of the molecule is CN(Cc1ccccn1)[C@H]1CCCN(C(=O)CCc2ccncc2)CC1. The molecule has 26 heavy (non-hydrogen) atoms. The first-order valence-corrected chi connectivity index (χ1v) is 9.49. The van der Waals surface area contributed by atoms with Gasteiger partial charge in [-0.3, -0.25) is 19.7 Å². The van der Waals surface area contributed by atoms with Gasteiger partial charge in [-0.1, -0.05) is 6.07 Å². The molecule has 0 saturated carbocycles. The molecule has 3 heterocycles. The first kappa shape index (κ1) is 18.5. The van der Waals surface area contributed by atoms with Crippen LogP contribution in [0.4, 0.5) is 0 Å². The molecule has 0 N–H and O–H groups in total. The van der Waals surface area contributed by atoms with Crippen LogP contribution in [0.25, 0.3) is 0 Å². The molecule has 138 valence electrons. The molecule has 0 unspecified atom stereocenters. The number of likely N-dealkylation sites (tertiary alicyclic amines) is 1. The van der Waals surface area contributed by atoms with Crippen LogP contribution in [-0.2, 0) is 17.8 Å². The monoisotopic (exact) mass is 352 g/mol. The molecule has 1 aliphatic rings. The summed E-state index contributed by atoms with van der Waals surface area (Å²) >= 11 is 0. The highest BCUT2D eigenvalue weighted by Gasteiger charge is 2.23. The zero-order valence-electron chi connectivity index (χ0n) is 15.6. The van der Waals surface area contributed by atoms with Crippen molar-refractivity contribution in [1.29, 1.82) is 0 Å². The van der Waals surface area contributed by atoms with E-state index in [2.05, 4.69) is 32.9 Å². The lowest BCUT2D eigenvalue weighted by molar-refractivity contribution is -0.131. The minimum absolute atomic E-state index is 0.273. The second-order valence-corrected chi connectivity index (χ2v) is 7.06. The third-order valence-corrected chi connectivity index (χ3v) is 5.19. The van der Waals surface area contributed by atoms with E-state index in [9.17, 15) is 4.79 Å². The number of nitrogens with zero attached hydrogens (tertiary/aromatic N) is 4. The van der Waals surface area contributed by atoms with Crippen molar-refractivity contribution in [3.05, 3.63) is 60.2 Å². The van der Waals surface area contributed by atoms with Crippen molar-refractivity contribution in [3.63, 3.8) is 0 Å². The number of carbonyl (C=O) groups excluding carboxylic acids is 1. The molecule has 1 saturated heterocycles. The Morgan fingerprint density at radius 1 is 1.15 bits per heavy atom. The number of hydrogen-bond acceptors (Lipinski definition) is 4. The summed E-state index contributed by atoms with van der Waals surface area (Å²) in [6, 6.07) is 10.5. The zero-order valence-corrected chi connectivity index (χ0v) is 15.6. The standard InChI is InChI=1S/C21H28N4O/c1-24(17-19-5-2-3-12-23-19)20-6-4-15-25(16-11-20)21(26)8-7-18-9-13-22-14-10-18/h2-3,5,9-10,12-14,20H,4,6-8,11,15-17H2,1H3/t20-/m0/s1. The molecule has 1 amide bonds. The van der Waals surface area contributed by atoms with Crippen LogP contribution in [0.15, 0.2) is 48.9 Å². The number of amides is 1. The molecule has 3 rings (SSSR count). The first-order valence-electron chi connectivity index (χ1n) is 9.49. The zero-order chi connectivity index (χ0) is 18.2. The quantitative estimate of drug-likeness (QED) is 0.802. The Balaban J connectivity index is 1.47. The van der Waals surface area contributed by atoms with Gasteiger partial charge in [-0.2, -0.15) is 0 Å². The third kappa shape index (κ3) is 5.36. The Labute approximate surface area is 156 Å². The second-order valence-electron chi connectivity index (χ2n) is 7.06. The van der Waals surface area contributed by atoms with Crippen molar-refractivity contribution in [2.24, 2.45) is 0 Å². The number of aromatic nitrogens is 2. The second kappa shape index (κ2) is 9.43. The van der Waals surface area contributed by atoms with Crippen molar-refractivity contribution in [2.75, 3.05) is 20.1 Å². The van der Waals surface area contributed by atoms with Crippen molar-refractivity contribution in [2.45, 2.75) is 44.7 Å². The molecule has 1 atom stereocenters. The molecular weight excluding hydrogens is 324 g/mol. The van der Waals surface area contributed by atoms with Gasteiger partial charge >= 0.3 is 0 Å². The molecule has 5 heteroatoms. The number of carbonyl (C=O) groups is 1. The highest BCUT2D eigenvalue weighted by molar-refractivity contribution is 5.76. The van der Waals surface area contributed by atoms with E-state index in [1.807, 2.05) is 30.5 Å². The van der Waals surface area contributed by atoms with Gasteiger partial charge in [0.25, 0.3) is 0 Å². The number of hydrogen-bond donors (Lipinski definition) is 0. The van der Waals surface area contributed by atoms with Crippen LogP contribution in [0.1, 0.15) is 36.9 Å². The van der Waals surface area contributed by atoms with Crippen LogP contribution in [0.3, 0.4) is 0 Å². The van der Waals surface area contributed by atoms with E-state index in [1.54, 1.807) is 12.4 Å². The Morgan fingerprint density at radius 2 is 2.00 bits per heavy atom. The molecule has 2 aromatic rings. The van der Waals surface area contributed by atoms with E-state index < -0.39 is 0 Å². The van der Waals surface area contributed by atoms with E-state index in [1.165, 1.54) is 5.56 Å². The summed E-state index contributed by atoms with van der Waals surface area (Å²) < 4.78 is 0. The molecular formula is C21H28N4O. The maximum absolute atomic E-state index is 12.6. The lowest BCUT2D eigenvalue weighted by Crippen LogP contribution is -2.35. The fraction of sp³-hybridized carbons (Fsp3) is 0.476. The summed E-state index contributed by atoms with van der Waals surface area (Å²) in [5.41, 5.74) is 2.28. The summed E-state index contributed by atoms with van der Waals surface area (Å²) in [4.78, 5) is 25.5. The van der Waals surface area contributed by atoms with Gasteiger partial charge in [0.2, 0.25) is 5.91 Å². The number of pyridine rings is 2. The van der Waals surface area contributed by atoms with Gasteiger partial charge in [0, 0.05) is 50.7 Å². The van der Waals surface area contributed by atoms with Crippen molar-refractivity contribution in [3.8, 4) is 0 Å². The van der Waals surface area contributed by atoms with Crippen LogP contribution in [0.2, 0.25) is 0 Å². The molecule has 5 nitrogen and oxygen atoms in total.